The molecular formula is C14H16N2O2. The lowest BCUT2D eigenvalue weighted by molar-refractivity contribution is 0.406. The lowest BCUT2D eigenvalue weighted by Crippen LogP contribution is -2.12. The molecule has 0 aliphatic heterocycles. The predicted molar refractivity (Wildman–Crippen MR) is 69.4 cm³/mol. The number of ether oxygens (including phenoxy) is 1. The molecule has 94 valence electrons. The van der Waals surface area contributed by atoms with Crippen LogP contribution < -0.4 is 10.1 Å². The van der Waals surface area contributed by atoms with E-state index in [0.717, 1.165) is 17.7 Å². The summed E-state index contributed by atoms with van der Waals surface area (Å²) in [5.41, 5.74) is 2.02. The van der Waals surface area contributed by atoms with Crippen molar-refractivity contribution < 1.29 is 9.84 Å². The van der Waals surface area contributed by atoms with Crippen LogP contribution in [0.25, 0.3) is 0 Å². The van der Waals surface area contributed by atoms with Gasteiger partial charge in [-0.1, -0.05) is 6.07 Å². The van der Waals surface area contributed by atoms with E-state index in [-0.39, 0.29) is 5.75 Å². The number of phenols is 1. The minimum Gasteiger partial charge on any atom is -0.507 e. The quantitative estimate of drug-likeness (QED) is 0.845. The van der Waals surface area contributed by atoms with Crippen molar-refractivity contribution in [2.45, 2.75) is 13.1 Å². The maximum Gasteiger partial charge on any atom is 0.123 e. The van der Waals surface area contributed by atoms with E-state index in [0.29, 0.717) is 12.3 Å². The Morgan fingerprint density at radius 1 is 1.17 bits per heavy atom. The Kier molecular flexibility index (Phi) is 4.15. The van der Waals surface area contributed by atoms with E-state index in [1.54, 1.807) is 25.6 Å². The van der Waals surface area contributed by atoms with Gasteiger partial charge in [0.05, 0.1) is 7.11 Å². The van der Waals surface area contributed by atoms with Gasteiger partial charge in [0.1, 0.15) is 11.5 Å². The molecule has 2 N–H and O–H groups in total. The highest BCUT2D eigenvalue weighted by Crippen LogP contribution is 2.23. The first-order valence-electron chi connectivity index (χ1n) is 5.75. The van der Waals surface area contributed by atoms with E-state index in [2.05, 4.69) is 10.3 Å². The minimum absolute atomic E-state index is 0.247. The molecule has 0 amide bonds. The van der Waals surface area contributed by atoms with E-state index in [9.17, 15) is 5.11 Å². The first-order valence-corrected chi connectivity index (χ1v) is 5.75. The lowest BCUT2D eigenvalue weighted by Gasteiger charge is -2.08. The molecule has 0 saturated carbocycles. The third-order valence-electron chi connectivity index (χ3n) is 2.69. The number of aromatic nitrogens is 1. The Morgan fingerprint density at radius 2 is 1.94 bits per heavy atom. The fraction of sp³-hybridized carbons (Fsp3) is 0.214. The number of pyridine rings is 1. The van der Waals surface area contributed by atoms with E-state index >= 15 is 0 Å². The number of hydrogen-bond donors (Lipinski definition) is 2. The van der Waals surface area contributed by atoms with Crippen molar-refractivity contribution in [3.63, 3.8) is 0 Å². The van der Waals surface area contributed by atoms with E-state index in [1.165, 1.54) is 0 Å². The Balaban J connectivity index is 1.91. The van der Waals surface area contributed by atoms with Gasteiger partial charge >= 0.3 is 0 Å². The van der Waals surface area contributed by atoms with Crippen LogP contribution in [-0.2, 0) is 13.1 Å². The normalized spacial score (nSPS) is 10.3. The first kappa shape index (κ1) is 12.4. The van der Waals surface area contributed by atoms with Gasteiger partial charge in [0.15, 0.2) is 0 Å². The molecule has 0 aliphatic rings. The summed E-state index contributed by atoms with van der Waals surface area (Å²) in [6.07, 6.45) is 3.53. The molecule has 0 spiro atoms. The lowest BCUT2D eigenvalue weighted by atomic mass is 10.2. The van der Waals surface area contributed by atoms with Crippen LogP contribution in [0.1, 0.15) is 11.1 Å². The first-order chi connectivity index (χ1) is 8.79. The molecule has 4 nitrogen and oxygen atoms in total. The fourth-order valence-electron chi connectivity index (χ4n) is 1.66. The summed E-state index contributed by atoms with van der Waals surface area (Å²) in [5, 5.41) is 13.1. The standard InChI is InChI=1S/C14H16N2O2/c1-18-13-3-2-12(14(17)8-13)10-16-9-11-4-6-15-7-5-11/h2-8,16-17H,9-10H2,1H3. The summed E-state index contributed by atoms with van der Waals surface area (Å²) in [5.74, 6) is 0.905. The molecule has 2 rings (SSSR count). The number of phenolic OH excluding ortho intramolecular Hbond substituents is 1. The molecular weight excluding hydrogens is 228 g/mol. The van der Waals surface area contributed by atoms with Crippen LogP contribution in [0.5, 0.6) is 11.5 Å². The number of methoxy groups -OCH3 is 1. The zero-order chi connectivity index (χ0) is 12.8. The van der Waals surface area contributed by atoms with Crippen molar-refractivity contribution in [3.8, 4) is 11.5 Å². The van der Waals surface area contributed by atoms with Crippen molar-refractivity contribution in [2.75, 3.05) is 7.11 Å². The molecule has 0 fully saturated rings. The van der Waals surface area contributed by atoms with Gasteiger partial charge in [0.2, 0.25) is 0 Å². The van der Waals surface area contributed by atoms with Gasteiger partial charge in [0, 0.05) is 37.1 Å². The van der Waals surface area contributed by atoms with Crippen LogP contribution in [0.2, 0.25) is 0 Å². The highest BCUT2D eigenvalue weighted by molar-refractivity contribution is 5.39. The Bertz CT molecular complexity index is 500. The zero-order valence-corrected chi connectivity index (χ0v) is 10.3. The Morgan fingerprint density at radius 3 is 2.61 bits per heavy atom. The van der Waals surface area contributed by atoms with E-state index in [1.807, 2.05) is 24.3 Å². The third kappa shape index (κ3) is 3.21. The summed E-state index contributed by atoms with van der Waals surface area (Å²) in [6, 6.07) is 9.22. The van der Waals surface area contributed by atoms with Crippen LogP contribution in [-0.4, -0.2) is 17.2 Å². The highest BCUT2D eigenvalue weighted by Gasteiger charge is 2.02. The third-order valence-corrected chi connectivity index (χ3v) is 2.69. The van der Waals surface area contributed by atoms with Crippen LogP contribution in [0, 0.1) is 0 Å². The monoisotopic (exact) mass is 244 g/mol. The van der Waals surface area contributed by atoms with Gasteiger partial charge in [-0.3, -0.25) is 4.98 Å². The molecule has 18 heavy (non-hydrogen) atoms. The summed E-state index contributed by atoms with van der Waals surface area (Å²) >= 11 is 0. The van der Waals surface area contributed by atoms with Crippen LogP contribution in [0.15, 0.2) is 42.7 Å². The molecule has 0 unspecified atom stereocenters. The number of rotatable bonds is 5. The molecule has 2 aromatic rings. The average Bonchev–Trinajstić information content (AvgIpc) is 2.42. The van der Waals surface area contributed by atoms with Crippen LogP contribution in [0.4, 0.5) is 0 Å². The number of nitrogens with zero attached hydrogens (tertiary/aromatic N) is 1. The number of nitrogens with one attached hydrogen (secondary N) is 1. The van der Waals surface area contributed by atoms with Gasteiger partial charge in [-0.25, -0.2) is 0 Å². The van der Waals surface area contributed by atoms with Crippen molar-refractivity contribution in [1.82, 2.24) is 10.3 Å². The largest absolute Gasteiger partial charge is 0.507 e. The van der Waals surface area contributed by atoms with Crippen LogP contribution >= 0.6 is 0 Å². The molecule has 0 atom stereocenters. The van der Waals surface area contributed by atoms with Crippen molar-refractivity contribution in [2.24, 2.45) is 0 Å². The SMILES string of the molecule is COc1ccc(CNCc2ccncc2)c(O)c1. The molecule has 1 heterocycles. The van der Waals surface area contributed by atoms with Gasteiger partial charge < -0.3 is 15.2 Å². The smallest absolute Gasteiger partial charge is 0.123 e. The molecule has 0 aliphatic carbocycles. The summed E-state index contributed by atoms with van der Waals surface area (Å²) < 4.78 is 5.04. The summed E-state index contributed by atoms with van der Waals surface area (Å²) in [7, 11) is 1.58. The molecule has 0 bridgehead atoms. The maximum absolute atomic E-state index is 9.79. The molecule has 4 heteroatoms. The van der Waals surface area contributed by atoms with Crippen molar-refractivity contribution in [1.29, 1.82) is 0 Å². The molecule has 0 saturated heterocycles. The molecule has 0 radical (unpaired) electrons. The molecule has 1 aromatic carbocycles. The van der Waals surface area contributed by atoms with Crippen molar-refractivity contribution >= 4 is 0 Å². The van der Waals surface area contributed by atoms with Gasteiger partial charge in [-0.05, 0) is 23.8 Å². The number of benzene rings is 1. The average molecular weight is 244 g/mol. The van der Waals surface area contributed by atoms with Gasteiger partial charge in [-0.2, -0.15) is 0 Å². The second-order valence-corrected chi connectivity index (χ2v) is 3.95. The molecule has 1 aromatic heterocycles. The second kappa shape index (κ2) is 6.02. The number of aromatic hydroxyl groups is 1. The number of hydrogen-bond acceptors (Lipinski definition) is 4. The predicted octanol–water partition coefficient (Wildman–Crippen LogP) is 2.09. The Hall–Kier alpha value is -2.07. The Labute approximate surface area is 106 Å². The van der Waals surface area contributed by atoms with Crippen molar-refractivity contribution in [3.05, 3.63) is 53.9 Å². The van der Waals surface area contributed by atoms with E-state index < -0.39 is 0 Å². The van der Waals surface area contributed by atoms with Crippen LogP contribution in [0.3, 0.4) is 0 Å². The van der Waals surface area contributed by atoms with Gasteiger partial charge in [0.25, 0.3) is 0 Å². The van der Waals surface area contributed by atoms with E-state index in [4.69, 9.17) is 4.74 Å². The maximum atomic E-state index is 9.79. The zero-order valence-electron chi connectivity index (χ0n) is 10.3. The highest BCUT2D eigenvalue weighted by atomic mass is 16.5. The van der Waals surface area contributed by atoms with Gasteiger partial charge in [-0.15, -0.1) is 0 Å². The minimum atomic E-state index is 0.247. The summed E-state index contributed by atoms with van der Waals surface area (Å²) in [4.78, 5) is 3.96. The second-order valence-electron chi connectivity index (χ2n) is 3.95. The topological polar surface area (TPSA) is 54.4 Å². The summed E-state index contributed by atoms with van der Waals surface area (Å²) in [6.45, 7) is 1.35. The fourth-order valence-corrected chi connectivity index (χ4v) is 1.66.